The third-order valence-electron chi connectivity index (χ3n) is 5.99. The molecule has 4 rings (SSSR count). The Morgan fingerprint density at radius 2 is 1.71 bits per heavy atom. The van der Waals surface area contributed by atoms with Crippen LogP contribution in [0.4, 0.5) is 0 Å². The van der Waals surface area contributed by atoms with E-state index in [2.05, 4.69) is 0 Å². The predicted octanol–water partition coefficient (Wildman–Crippen LogP) is -1.35. The van der Waals surface area contributed by atoms with Crippen LogP contribution in [-0.2, 0) is 14.2 Å². The maximum Gasteiger partial charge on any atom is 0.187 e. The van der Waals surface area contributed by atoms with E-state index in [-0.39, 0.29) is 0 Å². The molecule has 1 aliphatic carbocycles. The number of aliphatic hydroxyl groups excluding tert-OH is 4. The van der Waals surface area contributed by atoms with Crippen LogP contribution < -0.4 is 0 Å². The van der Waals surface area contributed by atoms with Crippen molar-refractivity contribution in [2.24, 2.45) is 0 Å². The first-order chi connectivity index (χ1) is 11.0. The highest BCUT2D eigenvalue weighted by molar-refractivity contribution is 5.12. The molecular formula is C16H28O8. The Morgan fingerprint density at radius 3 is 2.29 bits per heavy atom. The quantitative estimate of drug-likeness (QED) is 0.424. The maximum absolute atomic E-state index is 10.9. The average Bonchev–Trinajstić information content (AvgIpc) is 2.50. The average molecular weight is 348 g/mol. The largest absolute Gasteiger partial charge is 0.394 e. The molecule has 4 fully saturated rings. The second-order valence-electron chi connectivity index (χ2n) is 7.98. The minimum absolute atomic E-state index is 0.311. The molecule has 0 amide bonds. The van der Waals surface area contributed by atoms with Crippen LogP contribution in [0, 0.1) is 0 Å². The van der Waals surface area contributed by atoms with Crippen LogP contribution in [-0.4, -0.2) is 85.8 Å². The topological polar surface area (TPSA) is 129 Å². The highest BCUT2D eigenvalue weighted by Crippen LogP contribution is 2.53. The van der Waals surface area contributed by atoms with Gasteiger partial charge in [0.25, 0.3) is 0 Å². The summed E-state index contributed by atoms with van der Waals surface area (Å²) >= 11 is 0. The first kappa shape index (κ1) is 18.5. The zero-order valence-electron chi connectivity index (χ0n) is 14.3. The molecule has 0 radical (unpaired) electrons. The van der Waals surface area contributed by atoms with E-state index in [4.69, 9.17) is 14.2 Å². The van der Waals surface area contributed by atoms with Gasteiger partial charge in [-0.1, -0.05) is 0 Å². The van der Waals surface area contributed by atoms with Crippen LogP contribution in [0.15, 0.2) is 0 Å². The lowest BCUT2D eigenvalue weighted by Gasteiger charge is -2.62. The molecule has 0 unspecified atom stereocenters. The fourth-order valence-corrected chi connectivity index (χ4v) is 4.12. The van der Waals surface area contributed by atoms with Crippen LogP contribution in [0.25, 0.3) is 0 Å². The van der Waals surface area contributed by atoms with Gasteiger partial charge >= 0.3 is 0 Å². The van der Waals surface area contributed by atoms with Gasteiger partial charge in [-0.3, -0.25) is 0 Å². The molecule has 4 aliphatic rings. The molecule has 0 aromatic heterocycles. The van der Waals surface area contributed by atoms with Crippen LogP contribution in [0.2, 0.25) is 0 Å². The number of fused-ring (bicyclic) bond motifs is 3. The molecular weight excluding hydrogens is 320 g/mol. The van der Waals surface area contributed by atoms with Gasteiger partial charge in [-0.15, -0.1) is 0 Å². The lowest BCUT2D eigenvalue weighted by Crippen LogP contribution is -2.72. The minimum Gasteiger partial charge on any atom is -0.394 e. The van der Waals surface area contributed by atoms with Crippen molar-refractivity contribution in [3.63, 3.8) is 0 Å². The molecule has 8 nitrogen and oxygen atoms in total. The summed E-state index contributed by atoms with van der Waals surface area (Å²) in [5, 5.41) is 50.0. The molecule has 140 valence electrons. The van der Waals surface area contributed by atoms with Crippen LogP contribution >= 0.6 is 0 Å². The van der Waals surface area contributed by atoms with E-state index in [1.54, 1.807) is 0 Å². The predicted molar refractivity (Wildman–Crippen MR) is 81.0 cm³/mol. The van der Waals surface area contributed by atoms with Crippen LogP contribution in [0.3, 0.4) is 0 Å². The third-order valence-corrected chi connectivity index (χ3v) is 5.99. The summed E-state index contributed by atoms with van der Waals surface area (Å²) in [7, 11) is 0. The lowest BCUT2D eigenvalue weighted by atomic mass is 9.64. The summed E-state index contributed by atoms with van der Waals surface area (Å²) < 4.78 is 17.3. The van der Waals surface area contributed by atoms with Gasteiger partial charge in [-0.2, -0.15) is 0 Å². The normalized spacial score (nSPS) is 54.0. The van der Waals surface area contributed by atoms with E-state index >= 15 is 0 Å². The van der Waals surface area contributed by atoms with Crippen LogP contribution in [0.5, 0.6) is 0 Å². The summed E-state index contributed by atoms with van der Waals surface area (Å²) in [5.41, 5.74) is -2.43. The van der Waals surface area contributed by atoms with Gasteiger partial charge in [-0.05, 0) is 33.6 Å². The fourth-order valence-electron chi connectivity index (χ4n) is 4.12. The van der Waals surface area contributed by atoms with Gasteiger partial charge < -0.3 is 39.7 Å². The van der Waals surface area contributed by atoms with Gasteiger partial charge in [0.05, 0.1) is 29.5 Å². The summed E-state index contributed by atoms with van der Waals surface area (Å²) in [6.07, 6.45) is -5.69. The number of ether oxygens (including phenoxy) is 3. The van der Waals surface area contributed by atoms with Gasteiger partial charge in [0, 0.05) is 6.42 Å². The fraction of sp³-hybridized carbons (Fsp3) is 1.00. The number of hydrogen-bond acceptors (Lipinski definition) is 8. The van der Waals surface area contributed by atoms with E-state index in [0.29, 0.717) is 19.3 Å². The first-order valence-corrected chi connectivity index (χ1v) is 8.41. The standard InChI is InChI=1S/C16H28O8/c1-14(2)16(21)5-4-15(3,24-14)9(6-16)23-13-12(20)11(19)10(18)8(7-17)22-13/h8-13,17-21H,4-7H2,1-3H3/t8-,9+,10-,11+,12-,13+,15-,16-/m1/s1. The van der Waals surface area contributed by atoms with Gasteiger partial charge in [-0.25, -0.2) is 0 Å². The summed E-state index contributed by atoms with van der Waals surface area (Å²) in [4.78, 5) is 0. The highest BCUT2D eigenvalue weighted by Gasteiger charge is 2.63. The Hall–Kier alpha value is -0.320. The minimum atomic E-state index is -1.49. The number of hydrogen-bond donors (Lipinski definition) is 5. The zero-order valence-corrected chi connectivity index (χ0v) is 14.3. The third kappa shape index (κ3) is 2.69. The Kier molecular flexibility index (Phi) is 4.50. The van der Waals surface area contributed by atoms with Gasteiger partial charge in [0.2, 0.25) is 0 Å². The zero-order chi connectivity index (χ0) is 17.9. The van der Waals surface area contributed by atoms with E-state index < -0.39 is 60.2 Å². The highest BCUT2D eigenvalue weighted by atomic mass is 16.7. The van der Waals surface area contributed by atoms with Gasteiger partial charge in [0.15, 0.2) is 6.29 Å². The van der Waals surface area contributed by atoms with Crippen LogP contribution in [0.1, 0.15) is 40.0 Å². The second-order valence-corrected chi connectivity index (χ2v) is 7.98. The molecule has 3 saturated heterocycles. The Labute approximate surface area is 141 Å². The van der Waals surface area contributed by atoms with Crippen molar-refractivity contribution in [1.82, 2.24) is 0 Å². The van der Waals surface area contributed by atoms with Crippen molar-refractivity contribution >= 4 is 0 Å². The van der Waals surface area contributed by atoms with E-state index in [0.717, 1.165) is 0 Å². The lowest BCUT2D eigenvalue weighted by molar-refractivity contribution is -0.377. The van der Waals surface area contributed by atoms with Crippen molar-refractivity contribution in [3.8, 4) is 0 Å². The van der Waals surface area contributed by atoms with Crippen molar-refractivity contribution in [1.29, 1.82) is 0 Å². The Bertz CT molecular complexity index is 483. The molecule has 0 aromatic rings. The molecule has 24 heavy (non-hydrogen) atoms. The molecule has 1 saturated carbocycles. The van der Waals surface area contributed by atoms with Crippen molar-refractivity contribution in [3.05, 3.63) is 0 Å². The van der Waals surface area contributed by atoms with Crippen molar-refractivity contribution < 1.29 is 39.7 Å². The van der Waals surface area contributed by atoms with E-state index in [1.165, 1.54) is 0 Å². The molecule has 8 heteroatoms. The summed E-state index contributed by atoms with van der Waals surface area (Å²) in [6, 6.07) is 0. The smallest absolute Gasteiger partial charge is 0.187 e. The molecule has 0 aromatic carbocycles. The molecule has 5 N–H and O–H groups in total. The maximum atomic E-state index is 10.9. The van der Waals surface area contributed by atoms with Crippen molar-refractivity contribution in [2.45, 2.75) is 93.6 Å². The second kappa shape index (κ2) is 5.85. The molecule has 8 atom stereocenters. The van der Waals surface area contributed by atoms with E-state index in [1.807, 2.05) is 20.8 Å². The Balaban J connectivity index is 1.76. The summed E-state index contributed by atoms with van der Waals surface area (Å²) in [5.74, 6) is 0. The first-order valence-electron chi connectivity index (χ1n) is 8.41. The Morgan fingerprint density at radius 1 is 1.04 bits per heavy atom. The number of aliphatic hydroxyl groups is 5. The molecule has 0 spiro atoms. The van der Waals surface area contributed by atoms with Crippen molar-refractivity contribution in [2.75, 3.05) is 6.61 Å². The molecule has 3 heterocycles. The molecule has 3 aliphatic heterocycles. The van der Waals surface area contributed by atoms with Gasteiger partial charge in [0.1, 0.15) is 24.4 Å². The SMILES string of the molecule is CC1(C)O[C@]2(C)CC[C@@]1(O)C[C@@H]2O[C@@H]1O[C@H](CO)[C@@H](O)[C@H](O)[C@H]1O. The molecule has 2 bridgehead atoms. The monoisotopic (exact) mass is 348 g/mol. The summed E-state index contributed by atoms with van der Waals surface area (Å²) in [6.45, 7) is 5.06. The van der Waals surface area contributed by atoms with E-state index in [9.17, 15) is 25.5 Å². The number of rotatable bonds is 3.